The molecule has 0 saturated carbocycles. The largest absolute Gasteiger partial charge is 0.496 e. The summed E-state index contributed by atoms with van der Waals surface area (Å²) in [6.45, 7) is 0. The third-order valence-corrected chi connectivity index (χ3v) is 2.56. The molecule has 0 saturated heterocycles. The second-order valence-corrected chi connectivity index (χ2v) is 3.68. The summed E-state index contributed by atoms with van der Waals surface area (Å²) in [5, 5.41) is 0. The van der Waals surface area contributed by atoms with Crippen LogP contribution in [0.5, 0.6) is 17.2 Å². The fraction of sp³-hybridized carbons (Fsp3) is 0.500. The van der Waals surface area contributed by atoms with Gasteiger partial charge < -0.3 is 19.9 Å². The minimum Gasteiger partial charge on any atom is -0.496 e. The Labute approximate surface area is 105 Å². The molecule has 0 fully saturated rings. The Kier molecular flexibility index (Phi) is 5.15. The van der Waals surface area contributed by atoms with E-state index in [-0.39, 0.29) is 0 Å². The highest BCUT2D eigenvalue weighted by molar-refractivity contribution is 5.52. The van der Waals surface area contributed by atoms with E-state index in [9.17, 15) is 8.78 Å². The Morgan fingerprint density at radius 2 is 1.56 bits per heavy atom. The van der Waals surface area contributed by atoms with Gasteiger partial charge in [-0.15, -0.1) is 0 Å². The molecular weight excluding hydrogens is 244 g/mol. The lowest BCUT2D eigenvalue weighted by Gasteiger charge is -2.19. The molecule has 0 spiro atoms. The maximum atomic E-state index is 12.4. The lowest BCUT2D eigenvalue weighted by atomic mass is 10.0. The molecule has 6 heteroatoms. The number of nitrogens with two attached hydrogens (primary N) is 1. The third kappa shape index (κ3) is 3.22. The molecule has 0 radical (unpaired) electrons. The van der Waals surface area contributed by atoms with Crippen molar-refractivity contribution in [3.63, 3.8) is 0 Å². The molecule has 0 bridgehead atoms. The molecule has 1 rings (SSSR count). The molecule has 2 N–H and O–H groups in total. The van der Waals surface area contributed by atoms with E-state index in [2.05, 4.69) is 0 Å². The second kappa shape index (κ2) is 6.39. The normalized spacial score (nSPS) is 12.4. The predicted molar refractivity (Wildman–Crippen MR) is 63.6 cm³/mol. The van der Waals surface area contributed by atoms with Crippen LogP contribution in [0.15, 0.2) is 12.1 Å². The molecule has 0 heterocycles. The first-order chi connectivity index (χ1) is 8.53. The highest BCUT2D eigenvalue weighted by atomic mass is 19.3. The van der Waals surface area contributed by atoms with Gasteiger partial charge in [0.15, 0.2) is 0 Å². The lowest BCUT2D eigenvalue weighted by Crippen LogP contribution is -2.16. The average Bonchev–Trinajstić information content (AvgIpc) is 2.35. The van der Waals surface area contributed by atoms with Crippen molar-refractivity contribution in [1.29, 1.82) is 0 Å². The fourth-order valence-electron chi connectivity index (χ4n) is 1.71. The summed E-state index contributed by atoms with van der Waals surface area (Å²) in [5.41, 5.74) is 6.18. The first kappa shape index (κ1) is 14.5. The number of methoxy groups -OCH3 is 3. The van der Waals surface area contributed by atoms with Crippen molar-refractivity contribution in [2.24, 2.45) is 5.73 Å². The topological polar surface area (TPSA) is 53.7 Å². The monoisotopic (exact) mass is 261 g/mol. The van der Waals surface area contributed by atoms with Crippen LogP contribution in [0.4, 0.5) is 8.78 Å². The number of alkyl halides is 2. The zero-order valence-electron chi connectivity index (χ0n) is 10.6. The van der Waals surface area contributed by atoms with Crippen LogP contribution in [0.3, 0.4) is 0 Å². The Balaban J connectivity index is 3.21. The van der Waals surface area contributed by atoms with Crippen LogP contribution in [0.1, 0.15) is 18.0 Å². The maximum Gasteiger partial charge on any atom is 0.240 e. The minimum absolute atomic E-state index is 0.374. The SMILES string of the molecule is COc1cc(OC)c([C@@H](N)CC(F)F)c(OC)c1. The van der Waals surface area contributed by atoms with Gasteiger partial charge in [-0.2, -0.15) is 0 Å². The van der Waals surface area contributed by atoms with Gasteiger partial charge in [0, 0.05) is 24.6 Å². The van der Waals surface area contributed by atoms with E-state index in [1.54, 1.807) is 12.1 Å². The van der Waals surface area contributed by atoms with E-state index in [1.165, 1.54) is 21.3 Å². The maximum absolute atomic E-state index is 12.4. The molecule has 0 unspecified atom stereocenters. The zero-order valence-corrected chi connectivity index (χ0v) is 10.6. The van der Waals surface area contributed by atoms with Crippen LogP contribution in [0, 0.1) is 0 Å². The van der Waals surface area contributed by atoms with Crippen molar-refractivity contribution >= 4 is 0 Å². The highest BCUT2D eigenvalue weighted by Gasteiger charge is 2.22. The van der Waals surface area contributed by atoms with Gasteiger partial charge >= 0.3 is 0 Å². The van der Waals surface area contributed by atoms with E-state index >= 15 is 0 Å². The summed E-state index contributed by atoms with van der Waals surface area (Å²) >= 11 is 0. The van der Waals surface area contributed by atoms with Crippen LogP contribution in [0.25, 0.3) is 0 Å². The van der Waals surface area contributed by atoms with E-state index in [1.807, 2.05) is 0 Å². The molecular formula is C12H17F2NO3. The average molecular weight is 261 g/mol. The van der Waals surface area contributed by atoms with Gasteiger partial charge in [0.05, 0.1) is 26.9 Å². The molecule has 102 valence electrons. The number of ether oxygens (including phenoxy) is 3. The first-order valence-corrected chi connectivity index (χ1v) is 5.37. The summed E-state index contributed by atoms with van der Waals surface area (Å²) in [7, 11) is 4.37. The van der Waals surface area contributed by atoms with E-state index in [0.717, 1.165) is 0 Å². The third-order valence-electron chi connectivity index (χ3n) is 2.56. The number of rotatable bonds is 6. The highest BCUT2D eigenvalue weighted by Crippen LogP contribution is 2.39. The summed E-state index contributed by atoms with van der Waals surface area (Å²) < 4.78 is 40.2. The lowest BCUT2D eigenvalue weighted by molar-refractivity contribution is 0.127. The molecule has 1 atom stereocenters. The number of benzene rings is 1. The second-order valence-electron chi connectivity index (χ2n) is 3.68. The van der Waals surface area contributed by atoms with Crippen LogP contribution < -0.4 is 19.9 Å². The summed E-state index contributed by atoms with van der Waals surface area (Å²) in [6, 6.07) is 2.31. The number of hydrogen-bond acceptors (Lipinski definition) is 4. The van der Waals surface area contributed by atoms with Crippen molar-refractivity contribution < 1.29 is 23.0 Å². The number of halogens is 2. The smallest absolute Gasteiger partial charge is 0.240 e. The van der Waals surface area contributed by atoms with E-state index in [0.29, 0.717) is 22.8 Å². The van der Waals surface area contributed by atoms with Crippen LogP contribution in [-0.4, -0.2) is 27.8 Å². The van der Waals surface area contributed by atoms with Gasteiger partial charge in [0.2, 0.25) is 6.43 Å². The van der Waals surface area contributed by atoms with E-state index < -0.39 is 18.9 Å². The molecule has 1 aromatic carbocycles. The molecule has 4 nitrogen and oxygen atoms in total. The Hall–Kier alpha value is -1.56. The van der Waals surface area contributed by atoms with Crippen molar-refractivity contribution in [2.45, 2.75) is 18.9 Å². The molecule has 0 aromatic heterocycles. The van der Waals surface area contributed by atoms with Crippen LogP contribution in [0.2, 0.25) is 0 Å². The molecule has 0 amide bonds. The summed E-state index contributed by atoms with van der Waals surface area (Å²) in [4.78, 5) is 0. The molecule has 18 heavy (non-hydrogen) atoms. The van der Waals surface area contributed by atoms with Crippen molar-refractivity contribution in [3.05, 3.63) is 17.7 Å². The summed E-state index contributed by atoms with van der Waals surface area (Å²) in [6.07, 6.45) is -2.95. The predicted octanol–water partition coefficient (Wildman–Crippen LogP) is 2.37. The molecule has 0 aliphatic carbocycles. The van der Waals surface area contributed by atoms with Gasteiger partial charge in [-0.3, -0.25) is 0 Å². The van der Waals surface area contributed by atoms with Gasteiger partial charge in [-0.1, -0.05) is 0 Å². The van der Waals surface area contributed by atoms with Gasteiger partial charge in [-0.05, 0) is 0 Å². The van der Waals surface area contributed by atoms with Crippen LogP contribution in [-0.2, 0) is 0 Å². The zero-order chi connectivity index (χ0) is 13.7. The van der Waals surface area contributed by atoms with E-state index in [4.69, 9.17) is 19.9 Å². The fourth-order valence-corrected chi connectivity index (χ4v) is 1.71. The Morgan fingerprint density at radius 3 is 1.89 bits per heavy atom. The quantitative estimate of drug-likeness (QED) is 0.854. The van der Waals surface area contributed by atoms with Crippen LogP contribution >= 0.6 is 0 Å². The van der Waals surface area contributed by atoms with Crippen molar-refractivity contribution in [3.8, 4) is 17.2 Å². The Morgan fingerprint density at radius 1 is 1.06 bits per heavy atom. The molecule has 0 aliphatic rings. The molecule has 0 aliphatic heterocycles. The number of hydrogen-bond donors (Lipinski definition) is 1. The summed E-state index contributed by atoms with van der Waals surface area (Å²) in [5.74, 6) is 1.26. The van der Waals surface area contributed by atoms with Crippen molar-refractivity contribution in [1.82, 2.24) is 0 Å². The molecule has 1 aromatic rings. The van der Waals surface area contributed by atoms with Gasteiger partial charge in [-0.25, -0.2) is 8.78 Å². The minimum atomic E-state index is -2.49. The van der Waals surface area contributed by atoms with Gasteiger partial charge in [0.25, 0.3) is 0 Å². The standard InChI is InChI=1S/C12H17F2NO3/c1-16-7-4-9(17-2)12(10(5-7)18-3)8(15)6-11(13)14/h4-5,8,11H,6,15H2,1-3H3/t8-/m0/s1. The first-order valence-electron chi connectivity index (χ1n) is 5.37. The Bertz CT molecular complexity index is 374. The van der Waals surface area contributed by atoms with Crippen molar-refractivity contribution in [2.75, 3.05) is 21.3 Å². The van der Waals surface area contributed by atoms with Gasteiger partial charge in [0.1, 0.15) is 17.2 Å².